The summed E-state index contributed by atoms with van der Waals surface area (Å²) >= 11 is 0.628. The molecule has 4 aromatic rings. The summed E-state index contributed by atoms with van der Waals surface area (Å²) in [6, 6.07) is 30.1. The van der Waals surface area contributed by atoms with E-state index in [0.29, 0.717) is 21.7 Å². The van der Waals surface area contributed by atoms with Crippen molar-refractivity contribution in [1.29, 1.82) is 0 Å². The van der Waals surface area contributed by atoms with Crippen LogP contribution in [0.5, 0.6) is 0 Å². The zero-order valence-electron chi connectivity index (χ0n) is 25.1. The molecule has 0 atom stereocenters. The second kappa shape index (κ2) is 15.7. The number of carbonyl (C=O) groups is 1. The Hall–Kier alpha value is -2.23. The number of aliphatic hydroxyl groups excluding tert-OH is 1. The van der Waals surface area contributed by atoms with E-state index in [1.165, 1.54) is 40.4 Å². The Labute approximate surface area is 283 Å². The molecule has 0 fully saturated rings. The normalized spacial score (nSPS) is 12.9. The Bertz CT molecular complexity index is 1570. The molecular formula is C36H37BIrNO2Se2-. The molecule has 3 heterocycles. The molecule has 0 unspecified atom stereocenters. The molecule has 1 radical (unpaired) electrons. The van der Waals surface area contributed by atoms with Gasteiger partial charge in [0.05, 0.1) is 5.76 Å². The molecule has 1 N–H and O–H groups in total. The van der Waals surface area contributed by atoms with E-state index in [-0.39, 0.29) is 58.4 Å². The van der Waals surface area contributed by atoms with Gasteiger partial charge in [-0.15, -0.1) is 0 Å². The summed E-state index contributed by atoms with van der Waals surface area (Å²) in [7, 11) is 0. The first kappa shape index (κ1) is 33.7. The van der Waals surface area contributed by atoms with Gasteiger partial charge in [0.1, 0.15) is 0 Å². The monoisotopic (exact) mass is 879 g/mol. The van der Waals surface area contributed by atoms with E-state index in [1.807, 2.05) is 40.0 Å². The second-order valence-corrected chi connectivity index (χ2v) is 15.2. The van der Waals surface area contributed by atoms with Crippen molar-refractivity contribution in [3.05, 3.63) is 96.9 Å². The molecule has 43 heavy (non-hydrogen) atoms. The van der Waals surface area contributed by atoms with E-state index >= 15 is 0 Å². The molecular weight excluding hydrogens is 839 g/mol. The SMILES string of the molecule is CCC(CC)C(=O)/C=C(\O)C(CC)CC.[Ir].[c-]1cc2c3c(c1-c1ccccn1)[Se]c1ccccc1B3c1ccccc1[Se]2. The van der Waals surface area contributed by atoms with Crippen molar-refractivity contribution in [2.24, 2.45) is 11.8 Å². The minimum atomic E-state index is 0. The fourth-order valence-corrected chi connectivity index (χ4v) is 11.2. The molecule has 6 rings (SSSR count). The van der Waals surface area contributed by atoms with Crippen LogP contribution in [-0.4, -0.2) is 52.5 Å². The molecule has 0 aliphatic carbocycles. The van der Waals surface area contributed by atoms with E-state index in [0.717, 1.165) is 31.4 Å². The van der Waals surface area contributed by atoms with Gasteiger partial charge < -0.3 is 5.11 Å². The Morgan fingerprint density at radius 3 is 2.00 bits per heavy atom. The third-order valence-corrected chi connectivity index (χ3v) is 13.2. The summed E-state index contributed by atoms with van der Waals surface area (Å²) in [5.74, 6) is 0.547. The number of benzene rings is 3. The summed E-state index contributed by atoms with van der Waals surface area (Å²) < 4.78 is 5.99. The molecule has 7 heteroatoms. The maximum absolute atomic E-state index is 11.7. The van der Waals surface area contributed by atoms with Crippen LogP contribution < -0.4 is 34.2 Å². The number of hydrogen-bond acceptors (Lipinski definition) is 3. The van der Waals surface area contributed by atoms with Crippen LogP contribution in [0.2, 0.25) is 0 Å². The van der Waals surface area contributed by atoms with Crippen molar-refractivity contribution < 1.29 is 30.0 Å². The van der Waals surface area contributed by atoms with Crippen LogP contribution in [0.4, 0.5) is 0 Å². The van der Waals surface area contributed by atoms with Crippen molar-refractivity contribution in [1.82, 2.24) is 4.98 Å². The van der Waals surface area contributed by atoms with Gasteiger partial charge in [0.25, 0.3) is 0 Å². The van der Waals surface area contributed by atoms with Gasteiger partial charge in [0.15, 0.2) is 5.78 Å². The maximum atomic E-state index is 11.7. The van der Waals surface area contributed by atoms with Crippen LogP contribution in [0.15, 0.2) is 90.8 Å². The van der Waals surface area contributed by atoms with Crippen LogP contribution in [0.3, 0.4) is 0 Å². The summed E-state index contributed by atoms with van der Waals surface area (Å²) in [5, 5.41) is 9.76. The van der Waals surface area contributed by atoms with E-state index in [2.05, 4.69) is 77.8 Å². The fourth-order valence-electron chi connectivity index (χ4n) is 5.80. The number of carbonyl (C=O) groups excluding carboxylic acids is 1. The molecule has 0 saturated heterocycles. The summed E-state index contributed by atoms with van der Waals surface area (Å²) in [5.41, 5.74) is 6.78. The Kier molecular flexibility index (Phi) is 12.3. The Balaban J connectivity index is 0.000000230. The van der Waals surface area contributed by atoms with Gasteiger partial charge in [-0.25, -0.2) is 0 Å². The summed E-state index contributed by atoms with van der Waals surface area (Å²) in [6.07, 6.45) is 6.79. The Morgan fingerprint density at radius 1 is 0.837 bits per heavy atom. The van der Waals surface area contributed by atoms with Crippen LogP contribution in [0.1, 0.15) is 53.4 Å². The van der Waals surface area contributed by atoms with Gasteiger partial charge in [-0.3, -0.25) is 4.79 Å². The van der Waals surface area contributed by atoms with Crippen molar-refractivity contribution in [2.45, 2.75) is 53.4 Å². The molecule has 0 bridgehead atoms. The predicted molar refractivity (Wildman–Crippen MR) is 180 cm³/mol. The number of allylic oxidation sites excluding steroid dienone is 2. The van der Waals surface area contributed by atoms with Crippen LogP contribution >= 0.6 is 0 Å². The number of ketones is 1. The number of hydrogen-bond donors (Lipinski definition) is 1. The fraction of sp³-hybridized carbons (Fsp3) is 0.278. The molecule has 3 aromatic carbocycles. The summed E-state index contributed by atoms with van der Waals surface area (Å²) in [6.45, 7) is 8.42. The van der Waals surface area contributed by atoms with E-state index < -0.39 is 0 Å². The first-order valence-electron chi connectivity index (χ1n) is 15.0. The van der Waals surface area contributed by atoms with E-state index in [1.54, 1.807) is 5.46 Å². The van der Waals surface area contributed by atoms with E-state index in [4.69, 9.17) is 0 Å². The number of aliphatic hydroxyl groups is 1. The number of nitrogens with zero attached hydrogens (tertiary/aromatic N) is 1. The van der Waals surface area contributed by atoms with E-state index in [9.17, 15) is 9.90 Å². The van der Waals surface area contributed by atoms with Gasteiger partial charge in [-0.1, -0.05) is 27.7 Å². The zero-order chi connectivity index (χ0) is 29.6. The molecule has 223 valence electrons. The molecule has 0 saturated carbocycles. The average molecular weight is 877 g/mol. The van der Waals surface area contributed by atoms with Crippen LogP contribution in [0, 0.1) is 17.9 Å². The van der Waals surface area contributed by atoms with Crippen molar-refractivity contribution in [2.75, 3.05) is 0 Å². The number of fused-ring (bicyclic) bond motifs is 4. The van der Waals surface area contributed by atoms with Gasteiger partial charge in [-0.2, -0.15) is 0 Å². The van der Waals surface area contributed by atoms with Gasteiger partial charge in [-0.05, 0) is 25.7 Å². The molecule has 1 aromatic heterocycles. The molecule has 3 nitrogen and oxygen atoms in total. The van der Waals surface area contributed by atoms with Crippen molar-refractivity contribution >= 4 is 76.6 Å². The molecule has 2 aliphatic heterocycles. The van der Waals surface area contributed by atoms with Gasteiger partial charge in [0.2, 0.25) is 0 Å². The van der Waals surface area contributed by atoms with Crippen LogP contribution in [-0.2, 0) is 24.9 Å². The second-order valence-electron chi connectivity index (χ2n) is 10.7. The minimum absolute atomic E-state index is 0. The van der Waals surface area contributed by atoms with Gasteiger partial charge >= 0.3 is 172 Å². The topological polar surface area (TPSA) is 50.2 Å². The van der Waals surface area contributed by atoms with Crippen molar-refractivity contribution in [3.8, 4) is 11.3 Å². The Morgan fingerprint density at radius 2 is 1.42 bits per heavy atom. The number of rotatable bonds is 8. The van der Waals surface area contributed by atoms with Gasteiger partial charge in [0, 0.05) is 38.0 Å². The molecule has 0 spiro atoms. The van der Waals surface area contributed by atoms with Crippen LogP contribution in [0.25, 0.3) is 11.3 Å². The first-order chi connectivity index (χ1) is 20.5. The first-order valence-corrected chi connectivity index (χ1v) is 18.4. The predicted octanol–water partition coefficient (Wildman–Crippen LogP) is 2.87. The standard InChI is InChI=1S/C23H13BNSe2.C13H24O2.Ir/c1-3-10-19-16(7-1)24-17-8-2-4-11-20(17)27-23-15(18-9-5-6-14-25-18)12-13-21(26-19)22(23)24;1-5-10(6-2)12(14)9-13(15)11(7-3)8-4;/h1-11,13-14H;9-11,14H,5-8H2,1-4H3;/q-1;;/b;12-9-;. The number of pyridine rings is 1. The third kappa shape index (κ3) is 7.20. The molecule has 2 aliphatic rings. The number of aromatic nitrogens is 1. The molecule has 0 amide bonds. The zero-order valence-corrected chi connectivity index (χ0v) is 30.9. The third-order valence-electron chi connectivity index (χ3n) is 8.27. The summed E-state index contributed by atoms with van der Waals surface area (Å²) in [4.78, 5) is 16.4. The van der Waals surface area contributed by atoms with Crippen molar-refractivity contribution in [3.63, 3.8) is 0 Å². The quantitative estimate of drug-likeness (QED) is 0.111. The average Bonchev–Trinajstić information content (AvgIpc) is 3.03.